The van der Waals surface area contributed by atoms with Crippen LogP contribution in [0.1, 0.15) is 51.2 Å². The molecule has 1 aliphatic heterocycles. The number of carbonyl (C=O) groups excluding carboxylic acids is 2. The van der Waals surface area contributed by atoms with Crippen LogP contribution in [0.2, 0.25) is 0 Å². The van der Waals surface area contributed by atoms with E-state index < -0.39 is 0 Å². The van der Waals surface area contributed by atoms with Gasteiger partial charge in [0.15, 0.2) is 5.78 Å². The lowest BCUT2D eigenvalue weighted by Crippen LogP contribution is -2.28. The molecule has 138 valence electrons. The summed E-state index contributed by atoms with van der Waals surface area (Å²) in [5.74, 6) is 0.518. The standard InChI is InChI=1S/C20H19N3O3S/c1-11-16-19(22-15-5-3-4-10-23(15)20(16)26)27-17(11)18(25)21-14-8-6-13(7-9-14)12(2)24/h6-9H,3-5,10H2,1-2H3,(H,21,25). The molecule has 0 bridgehead atoms. The molecule has 0 radical (unpaired) electrons. The van der Waals surface area contributed by atoms with Gasteiger partial charge >= 0.3 is 0 Å². The number of hydrogen-bond donors (Lipinski definition) is 1. The van der Waals surface area contributed by atoms with Crippen LogP contribution < -0.4 is 10.9 Å². The van der Waals surface area contributed by atoms with Gasteiger partial charge in [0.1, 0.15) is 10.7 Å². The number of rotatable bonds is 3. The minimum absolute atomic E-state index is 0.0243. The van der Waals surface area contributed by atoms with E-state index in [4.69, 9.17) is 0 Å². The number of ketones is 1. The molecule has 3 aromatic rings. The molecule has 0 spiro atoms. The van der Waals surface area contributed by atoms with E-state index in [1.54, 1.807) is 35.8 Å². The predicted octanol–water partition coefficient (Wildman–Crippen LogP) is 3.56. The lowest BCUT2D eigenvalue weighted by molar-refractivity contribution is 0.101. The zero-order chi connectivity index (χ0) is 19.1. The number of nitrogens with one attached hydrogen (secondary N) is 1. The van der Waals surface area contributed by atoms with E-state index in [0.29, 0.717) is 38.5 Å². The summed E-state index contributed by atoms with van der Waals surface area (Å²) >= 11 is 1.26. The number of hydrogen-bond acceptors (Lipinski definition) is 5. The fraction of sp³-hybridized carbons (Fsp3) is 0.300. The summed E-state index contributed by atoms with van der Waals surface area (Å²) in [5, 5.41) is 3.38. The number of thiophene rings is 1. The summed E-state index contributed by atoms with van der Waals surface area (Å²) < 4.78 is 1.74. The zero-order valence-electron chi connectivity index (χ0n) is 15.2. The fourth-order valence-electron chi connectivity index (χ4n) is 3.43. The Morgan fingerprint density at radius 2 is 1.93 bits per heavy atom. The molecule has 27 heavy (non-hydrogen) atoms. The molecule has 1 aliphatic rings. The number of amides is 1. The van der Waals surface area contributed by atoms with Crippen LogP contribution >= 0.6 is 11.3 Å². The van der Waals surface area contributed by atoms with Crippen molar-refractivity contribution in [2.45, 2.75) is 39.7 Å². The first-order valence-electron chi connectivity index (χ1n) is 8.91. The van der Waals surface area contributed by atoms with Crippen LogP contribution in [0, 0.1) is 6.92 Å². The second-order valence-corrected chi connectivity index (χ2v) is 7.76. The number of fused-ring (bicyclic) bond motifs is 2. The van der Waals surface area contributed by atoms with Crippen molar-refractivity contribution in [3.63, 3.8) is 0 Å². The summed E-state index contributed by atoms with van der Waals surface area (Å²) in [7, 11) is 0. The molecule has 1 amide bonds. The minimum atomic E-state index is -0.270. The van der Waals surface area contributed by atoms with Gasteiger partial charge in [0.25, 0.3) is 11.5 Å². The van der Waals surface area contributed by atoms with Crippen LogP contribution in [0.5, 0.6) is 0 Å². The van der Waals surface area contributed by atoms with Crippen LogP contribution in [-0.4, -0.2) is 21.2 Å². The average molecular weight is 381 g/mol. The first-order chi connectivity index (χ1) is 13.0. The number of benzene rings is 1. The molecule has 2 aromatic heterocycles. The van der Waals surface area contributed by atoms with Gasteiger partial charge in [-0.1, -0.05) is 0 Å². The van der Waals surface area contributed by atoms with Gasteiger partial charge in [-0.2, -0.15) is 0 Å². The maximum Gasteiger partial charge on any atom is 0.266 e. The lowest BCUT2D eigenvalue weighted by atomic mass is 10.1. The SMILES string of the molecule is CC(=O)c1ccc(NC(=O)c2sc3nc4n(c(=O)c3c2C)CCCC4)cc1. The predicted molar refractivity (Wildman–Crippen MR) is 106 cm³/mol. The Hall–Kier alpha value is -2.80. The Morgan fingerprint density at radius 1 is 1.19 bits per heavy atom. The van der Waals surface area contributed by atoms with Crippen molar-refractivity contribution in [1.82, 2.24) is 9.55 Å². The molecule has 0 unspecified atom stereocenters. The second-order valence-electron chi connectivity index (χ2n) is 6.77. The molecule has 0 saturated heterocycles. The molecule has 6 nitrogen and oxygen atoms in total. The smallest absolute Gasteiger partial charge is 0.266 e. The van der Waals surface area contributed by atoms with Gasteiger partial charge in [0, 0.05) is 24.2 Å². The summed E-state index contributed by atoms with van der Waals surface area (Å²) in [6.45, 7) is 3.99. The van der Waals surface area contributed by atoms with Gasteiger partial charge in [-0.15, -0.1) is 11.3 Å². The second kappa shape index (κ2) is 6.74. The number of nitrogens with zero attached hydrogens (tertiary/aromatic N) is 2. The van der Waals surface area contributed by atoms with E-state index in [1.807, 2.05) is 0 Å². The quantitative estimate of drug-likeness (QED) is 0.704. The highest BCUT2D eigenvalue weighted by Gasteiger charge is 2.22. The van der Waals surface area contributed by atoms with Crippen LogP contribution in [0.15, 0.2) is 29.1 Å². The van der Waals surface area contributed by atoms with Crippen molar-refractivity contribution in [1.29, 1.82) is 0 Å². The summed E-state index contributed by atoms with van der Waals surface area (Å²) in [6.07, 6.45) is 2.81. The highest BCUT2D eigenvalue weighted by atomic mass is 32.1. The molecular formula is C20H19N3O3S. The van der Waals surface area contributed by atoms with Crippen LogP contribution in [0.4, 0.5) is 5.69 Å². The monoisotopic (exact) mass is 381 g/mol. The van der Waals surface area contributed by atoms with Gasteiger partial charge in [-0.05, 0) is 56.5 Å². The van der Waals surface area contributed by atoms with Crippen molar-refractivity contribution >= 4 is 38.9 Å². The normalized spacial score (nSPS) is 13.4. The number of carbonyl (C=O) groups is 2. The molecule has 0 atom stereocenters. The van der Waals surface area contributed by atoms with E-state index in [-0.39, 0.29) is 17.2 Å². The summed E-state index contributed by atoms with van der Waals surface area (Å²) in [4.78, 5) is 42.7. The Morgan fingerprint density at radius 3 is 2.63 bits per heavy atom. The first-order valence-corrected chi connectivity index (χ1v) is 9.72. The molecule has 1 aromatic carbocycles. The summed E-state index contributed by atoms with van der Waals surface area (Å²) in [6, 6.07) is 6.75. The Bertz CT molecular complexity index is 1130. The van der Waals surface area contributed by atoms with Gasteiger partial charge in [-0.3, -0.25) is 19.0 Å². The number of Topliss-reactive ketones (excluding diaryl/α,β-unsaturated/α-hetero) is 1. The highest BCUT2D eigenvalue weighted by Crippen LogP contribution is 2.29. The van der Waals surface area contributed by atoms with E-state index in [1.165, 1.54) is 18.3 Å². The third-order valence-corrected chi connectivity index (χ3v) is 6.10. The molecule has 3 heterocycles. The van der Waals surface area contributed by atoms with Crippen molar-refractivity contribution in [2.75, 3.05) is 5.32 Å². The van der Waals surface area contributed by atoms with Gasteiger partial charge in [0.05, 0.1) is 10.3 Å². The van der Waals surface area contributed by atoms with E-state index in [9.17, 15) is 14.4 Å². The molecule has 7 heteroatoms. The third-order valence-electron chi connectivity index (χ3n) is 4.92. The van der Waals surface area contributed by atoms with Gasteiger partial charge in [-0.25, -0.2) is 4.98 Å². The van der Waals surface area contributed by atoms with Crippen LogP contribution in [0.25, 0.3) is 10.2 Å². The number of aromatic nitrogens is 2. The van der Waals surface area contributed by atoms with E-state index in [0.717, 1.165) is 25.1 Å². The minimum Gasteiger partial charge on any atom is -0.321 e. The molecule has 4 rings (SSSR count). The fourth-order valence-corrected chi connectivity index (χ4v) is 4.51. The van der Waals surface area contributed by atoms with Crippen LogP contribution in [-0.2, 0) is 13.0 Å². The molecule has 0 aliphatic carbocycles. The summed E-state index contributed by atoms with van der Waals surface area (Å²) in [5.41, 5.74) is 1.82. The zero-order valence-corrected chi connectivity index (χ0v) is 16.0. The number of anilines is 1. The van der Waals surface area contributed by atoms with Gasteiger partial charge in [0.2, 0.25) is 0 Å². The third kappa shape index (κ3) is 3.08. The largest absolute Gasteiger partial charge is 0.321 e. The molecule has 0 fully saturated rings. The topological polar surface area (TPSA) is 81.1 Å². The first kappa shape index (κ1) is 17.6. The van der Waals surface area contributed by atoms with Crippen molar-refractivity contribution in [3.8, 4) is 0 Å². The lowest BCUT2D eigenvalue weighted by Gasteiger charge is -2.16. The maximum absolute atomic E-state index is 12.9. The van der Waals surface area contributed by atoms with Crippen molar-refractivity contribution < 1.29 is 9.59 Å². The molecule has 0 saturated carbocycles. The van der Waals surface area contributed by atoms with Crippen molar-refractivity contribution in [3.05, 3.63) is 56.4 Å². The average Bonchev–Trinajstić information content (AvgIpc) is 2.99. The van der Waals surface area contributed by atoms with Gasteiger partial charge < -0.3 is 5.32 Å². The van der Waals surface area contributed by atoms with E-state index >= 15 is 0 Å². The van der Waals surface area contributed by atoms with Crippen molar-refractivity contribution in [2.24, 2.45) is 0 Å². The van der Waals surface area contributed by atoms with E-state index in [2.05, 4.69) is 10.3 Å². The Kier molecular flexibility index (Phi) is 4.39. The number of aryl methyl sites for hydroxylation is 2. The molecular weight excluding hydrogens is 362 g/mol. The maximum atomic E-state index is 12.9. The Balaban J connectivity index is 1.70. The molecule has 1 N–H and O–H groups in total. The highest BCUT2D eigenvalue weighted by molar-refractivity contribution is 7.20. The Labute approximate surface area is 159 Å². The van der Waals surface area contributed by atoms with Crippen LogP contribution in [0.3, 0.4) is 0 Å².